The fourth-order valence-corrected chi connectivity index (χ4v) is 2.16. The van der Waals surface area contributed by atoms with Gasteiger partial charge >= 0.3 is 0 Å². The van der Waals surface area contributed by atoms with E-state index in [1.165, 1.54) is 0 Å². The van der Waals surface area contributed by atoms with Crippen molar-refractivity contribution < 1.29 is 4.79 Å². The number of halogens is 1. The number of hydrogen-bond acceptors (Lipinski definition) is 2. The van der Waals surface area contributed by atoms with Gasteiger partial charge in [-0.3, -0.25) is 9.78 Å². The molecule has 0 unspecified atom stereocenters. The van der Waals surface area contributed by atoms with Crippen LogP contribution in [0.25, 0.3) is 21.8 Å². The largest absolute Gasteiger partial charge is 0.353 e. The predicted octanol–water partition coefficient (Wildman–Crippen LogP) is 3.14. The Kier molecular flexibility index (Phi) is 2.34. The lowest BCUT2D eigenvalue weighted by Gasteiger charge is -1.97. The van der Waals surface area contributed by atoms with E-state index in [2.05, 4.69) is 9.97 Å². The molecule has 3 aromatic rings. The van der Waals surface area contributed by atoms with E-state index in [1.54, 1.807) is 18.5 Å². The lowest BCUT2D eigenvalue weighted by Crippen LogP contribution is -1.99. The van der Waals surface area contributed by atoms with Crippen molar-refractivity contribution in [2.24, 2.45) is 0 Å². The third-order valence-electron chi connectivity index (χ3n) is 2.84. The third-order valence-corrected chi connectivity index (χ3v) is 3.09. The number of pyridine rings is 1. The van der Waals surface area contributed by atoms with E-state index in [0.717, 1.165) is 21.8 Å². The number of aromatic nitrogens is 2. The maximum Gasteiger partial charge on any atom is 0.177 e. The normalized spacial score (nSPS) is 11.1. The van der Waals surface area contributed by atoms with Crippen LogP contribution in [0.4, 0.5) is 0 Å². The third kappa shape index (κ3) is 1.59. The number of carbonyl (C=O) groups is 1. The van der Waals surface area contributed by atoms with Crippen LogP contribution in [-0.2, 0) is 0 Å². The zero-order valence-electron chi connectivity index (χ0n) is 8.90. The molecule has 1 aromatic carbocycles. The van der Waals surface area contributed by atoms with E-state index in [4.69, 9.17) is 11.6 Å². The van der Waals surface area contributed by atoms with Crippen LogP contribution in [0.3, 0.4) is 0 Å². The SMILES string of the molecule is O=C(CCl)c1ccc2[nH]c3cnccc3c2c1. The zero-order chi connectivity index (χ0) is 11.8. The number of nitrogens with one attached hydrogen (secondary N) is 1. The van der Waals surface area contributed by atoms with Gasteiger partial charge in [0.05, 0.1) is 17.6 Å². The molecule has 0 saturated carbocycles. The molecule has 3 rings (SSSR count). The Labute approximate surface area is 102 Å². The Bertz CT molecular complexity index is 718. The molecule has 0 bridgehead atoms. The molecule has 3 nitrogen and oxygen atoms in total. The van der Waals surface area contributed by atoms with E-state index < -0.39 is 0 Å². The molecule has 0 saturated heterocycles. The number of alkyl halides is 1. The van der Waals surface area contributed by atoms with Crippen LogP contribution in [0.5, 0.6) is 0 Å². The van der Waals surface area contributed by atoms with Gasteiger partial charge < -0.3 is 4.98 Å². The van der Waals surface area contributed by atoms with E-state index in [0.29, 0.717) is 5.56 Å². The summed E-state index contributed by atoms with van der Waals surface area (Å²) in [6.45, 7) is 0. The predicted molar refractivity (Wildman–Crippen MR) is 68.7 cm³/mol. The second-order valence-corrected chi connectivity index (χ2v) is 4.13. The Morgan fingerprint density at radius 3 is 2.94 bits per heavy atom. The highest BCUT2D eigenvalue weighted by Crippen LogP contribution is 2.25. The number of Topliss-reactive ketones (excluding diaryl/α,β-unsaturated/α-hetero) is 1. The van der Waals surface area contributed by atoms with Gasteiger partial charge in [-0.1, -0.05) is 0 Å². The summed E-state index contributed by atoms with van der Waals surface area (Å²) in [6.07, 6.45) is 3.52. The molecular weight excluding hydrogens is 236 g/mol. The minimum absolute atomic E-state index is 0.00934. The molecule has 0 aliphatic rings. The molecule has 0 radical (unpaired) electrons. The van der Waals surface area contributed by atoms with Gasteiger partial charge in [-0.25, -0.2) is 0 Å². The summed E-state index contributed by atoms with van der Waals surface area (Å²) in [5, 5.41) is 2.09. The van der Waals surface area contributed by atoms with Crippen molar-refractivity contribution in [1.82, 2.24) is 9.97 Å². The molecule has 1 N–H and O–H groups in total. The molecule has 0 fully saturated rings. The van der Waals surface area contributed by atoms with Gasteiger partial charge in [0.1, 0.15) is 0 Å². The zero-order valence-corrected chi connectivity index (χ0v) is 9.66. The average molecular weight is 245 g/mol. The fourth-order valence-electron chi connectivity index (χ4n) is 2.00. The Balaban J connectivity index is 2.33. The van der Waals surface area contributed by atoms with E-state index >= 15 is 0 Å². The Morgan fingerprint density at radius 1 is 1.24 bits per heavy atom. The highest BCUT2D eigenvalue weighted by atomic mass is 35.5. The Hall–Kier alpha value is -1.87. The first-order valence-electron chi connectivity index (χ1n) is 5.24. The number of benzene rings is 1. The van der Waals surface area contributed by atoms with Gasteiger partial charge in [0, 0.05) is 28.0 Å². The Morgan fingerprint density at radius 2 is 2.12 bits per heavy atom. The molecule has 0 spiro atoms. The number of H-pyrrole nitrogens is 1. The number of fused-ring (bicyclic) bond motifs is 3. The minimum atomic E-state index is -0.0584. The van der Waals surface area contributed by atoms with Crippen molar-refractivity contribution in [3.63, 3.8) is 0 Å². The summed E-state index contributed by atoms with van der Waals surface area (Å²) >= 11 is 5.56. The molecule has 2 aromatic heterocycles. The van der Waals surface area contributed by atoms with Crippen LogP contribution in [0, 0.1) is 0 Å². The molecule has 0 aliphatic carbocycles. The van der Waals surface area contributed by atoms with Gasteiger partial charge in [0.2, 0.25) is 0 Å². The van der Waals surface area contributed by atoms with Crippen LogP contribution >= 0.6 is 11.6 Å². The standard InChI is InChI=1S/C13H9ClN2O/c14-6-13(17)8-1-2-11-10(5-8)9-3-4-15-7-12(9)16-11/h1-5,7,16H,6H2. The van der Waals surface area contributed by atoms with Crippen molar-refractivity contribution in [2.45, 2.75) is 0 Å². The molecule has 17 heavy (non-hydrogen) atoms. The van der Waals surface area contributed by atoms with Crippen LogP contribution in [0.1, 0.15) is 10.4 Å². The number of rotatable bonds is 2. The first-order valence-corrected chi connectivity index (χ1v) is 5.77. The molecule has 0 amide bonds. The number of hydrogen-bond donors (Lipinski definition) is 1. The summed E-state index contributed by atoms with van der Waals surface area (Å²) in [5.41, 5.74) is 2.61. The van der Waals surface area contributed by atoms with Gasteiger partial charge in [-0.2, -0.15) is 0 Å². The van der Waals surface area contributed by atoms with Crippen molar-refractivity contribution in [3.05, 3.63) is 42.2 Å². The van der Waals surface area contributed by atoms with Crippen LogP contribution in [0.15, 0.2) is 36.7 Å². The van der Waals surface area contributed by atoms with Gasteiger partial charge in [-0.05, 0) is 24.3 Å². The maximum atomic E-state index is 11.6. The highest BCUT2D eigenvalue weighted by Gasteiger charge is 2.08. The summed E-state index contributed by atoms with van der Waals surface area (Å²) < 4.78 is 0. The van der Waals surface area contributed by atoms with Crippen molar-refractivity contribution in [2.75, 3.05) is 5.88 Å². The quantitative estimate of drug-likeness (QED) is 0.556. The second-order valence-electron chi connectivity index (χ2n) is 3.86. The summed E-state index contributed by atoms with van der Waals surface area (Å²) in [6, 6.07) is 7.49. The number of ketones is 1. The summed E-state index contributed by atoms with van der Waals surface area (Å²) in [4.78, 5) is 18.9. The van der Waals surface area contributed by atoms with Crippen molar-refractivity contribution in [1.29, 1.82) is 0 Å². The van der Waals surface area contributed by atoms with Crippen LogP contribution in [-0.4, -0.2) is 21.6 Å². The number of carbonyl (C=O) groups excluding carboxylic acids is 1. The second kappa shape index (κ2) is 3.86. The number of nitrogens with zero attached hydrogens (tertiary/aromatic N) is 1. The molecule has 2 heterocycles. The summed E-state index contributed by atoms with van der Waals surface area (Å²) in [5.74, 6) is -0.0490. The first kappa shape index (κ1) is 10.3. The van der Waals surface area contributed by atoms with E-state index in [1.807, 2.05) is 18.2 Å². The monoisotopic (exact) mass is 244 g/mol. The molecule has 0 atom stereocenters. The van der Waals surface area contributed by atoms with E-state index in [9.17, 15) is 4.79 Å². The van der Waals surface area contributed by atoms with E-state index in [-0.39, 0.29) is 11.7 Å². The van der Waals surface area contributed by atoms with Crippen molar-refractivity contribution in [3.8, 4) is 0 Å². The molecule has 84 valence electrons. The fraction of sp³-hybridized carbons (Fsp3) is 0.0769. The molecule has 0 aliphatic heterocycles. The molecular formula is C13H9ClN2O. The summed E-state index contributed by atoms with van der Waals surface area (Å²) in [7, 11) is 0. The van der Waals surface area contributed by atoms with Gasteiger partial charge in [0.25, 0.3) is 0 Å². The minimum Gasteiger partial charge on any atom is -0.353 e. The average Bonchev–Trinajstić information content (AvgIpc) is 2.75. The first-order chi connectivity index (χ1) is 8.29. The van der Waals surface area contributed by atoms with Crippen molar-refractivity contribution >= 4 is 39.2 Å². The highest BCUT2D eigenvalue weighted by molar-refractivity contribution is 6.30. The number of aromatic amines is 1. The maximum absolute atomic E-state index is 11.6. The lowest BCUT2D eigenvalue weighted by atomic mass is 10.1. The topological polar surface area (TPSA) is 45.8 Å². The van der Waals surface area contributed by atoms with Crippen LogP contribution < -0.4 is 0 Å². The van der Waals surface area contributed by atoms with Crippen LogP contribution in [0.2, 0.25) is 0 Å². The smallest absolute Gasteiger partial charge is 0.177 e. The van der Waals surface area contributed by atoms with Gasteiger partial charge in [0.15, 0.2) is 5.78 Å². The van der Waals surface area contributed by atoms with Gasteiger partial charge in [-0.15, -0.1) is 11.6 Å². The molecule has 4 heteroatoms. The lowest BCUT2D eigenvalue weighted by molar-refractivity contribution is 0.102.